The molecule has 6 aromatic heterocycles. The van der Waals surface area contributed by atoms with Crippen LogP contribution in [-0.2, 0) is 33.8 Å². The number of halogens is 2. The topological polar surface area (TPSA) is 201 Å². The first-order chi connectivity index (χ1) is 57.4. The van der Waals surface area contributed by atoms with E-state index >= 15 is 0 Å². The number of benzene rings is 4. The third-order valence-electron chi connectivity index (χ3n) is 26.1. The lowest BCUT2D eigenvalue weighted by molar-refractivity contribution is -0.299. The highest BCUT2D eigenvalue weighted by Gasteiger charge is 2.40. The number of ether oxygens (including phenoxy) is 1. The molecule has 628 valence electrons. The van der Waals surface area contributed by atoms with Crippen LogP contribution in [0.3, 0.4) is 0 Å². The zero-order valence-electron chi connectivity index (χ0n) is 71.6. The van der Waals surface area contributed by atoms with Crippen molar-refractivity contribution in [2.75, 3.05) is 65.7 Å². The maximum Gasteiger partial charge on any atom is 0.262 e. The fraction of sp³-hybridized carbons (Fsp3) is 0.490. The SMILES string of the molecule is Cc1c(Cl)cccc1Cl.[C-]#[N+]c1c(CC2C(C)CC(CC)CC2C)c2nc(-c3ccc(C)cc3)[nH]n2c1C(=O)N(CC=C)CC=C.[C-]#[N+]c1c(CC2C(C)CCCC2C)c2nc(-c3ccc(C)cc3)[nH]n2c1C(=O)N1CCC(COOCC)CC1.[C-]#[N+]c1c(CC2C(C)CCCC2C)c2nc(-c3ccc(C)cc3)[nH]n2c1C(=O)N1CCOCC1. The number of H-pyrrole nitrogens is 3. The van der Waals surface area contributed by atoms with Crippen molar-refractivity contribution < 1.29 is 28.9 Å². The van der Waals surface area contributed by atoms with E-state index in [9.17, 15) is 14.4 Å². The molecule has 23 heteroatoms. The molecule has 119 heavy (non-hydrogen) atoms. The van der Waals surface area contributed by atoms with Crippen LogP contribution in [0.25, 0.3) is 65.6 Å². The van der Waals surface area contributed by atoms with Crippen molar-refractivity contribution in [1.29, 1.82) is 0 Å². The Morgan fingerprint density at radius 3 is 1.23 bits per heavy atom. The van der Waals surface area contributed by atoms with E-state index in [0.29, 0.717) is 193 Å². The number of morpholine rings is 1. The van der Waals surface area contributed by atoms with Gasteiger partial charge in [-0.05, 0) is 162 Å². The second-order valence-electron chi connectivity index (χ2n) is 34.2. The molecule has 0 spiro atoms. The molecular formula is C96H119Cl2N15O6. The molecule has 2 saturated heterocycles. The molecule has 0 radical (unpaired) electrons. The van der Waals surface area contributed by atoms with Gasteiger partial charge >= 0.3 is 0 Å². The lowest BCUT2D eigenvalue weighted by atomic mass is 9.66. The number of hydrogen-bond acceptors (Lipinski definition) is 9. The molecule has 10 aromatic rings. The monoisotopic (exact) mass is 1650 g/mol. The zero-order valence-corrected chi connectivity index (χ0v) is 73.1. The minimum absolute atomic E-state index is 0.102. The van der Waals surface area contributed by atoms with Gasteiger partial charge in [-0.25, -0.2) is 52.8 Å². The zero-order chi connectivity index (χ0) is 84.9. The molecule has 5 fully saturated rings. The van der Waals surface area contributed by atoms with Gasteiger partial charge in [0.05, 0.1) is 46.1 Å². The van der Waals surface area contributed by atoms with Crippen molar-refractivity contribution in [1.82, 2.24) is 58.5 Å². The first-order valence-electron chi connectivity index (χ1n) is 43.0. The van der Waals surface area contributed by atoms with E-state index in [1.807, 2.05) is 73.3 Å². The fourth-order valence-electron chi connectivity index (χ4n) is 18.9. The second kappa shape index (κ2) is 40.3. The van der Waals surface area contributed by atoms with E-state index in [4.69, 9.17) is 72.4 Å². The van der Waals surface area contributed by atoms with Crippen LogP contribution < -0.4 is 0 Å². The number of fused-ring (bicyclic) bond motifs is 3. The predicted octanol–water partition coefficient (Wildman–Crippen LogP) is 22.5. The van der Waals surface area contributed by atoms with Crippen LogP contribution in [0.5, 0.6) is 0 Å². The third kappa shape index (κ3) is 19.9. The first kappa shape index (κ1) is 88.2. The minimum atomic E-state index is -0.220. The number of aryl methyl sites for hydroxylation is 3. The number of aromatic nitrogens is 9. The van der Waals surface area contributed by atoms with Gasteiger partial charge in [0.1, 0.15) is 34.0 Å². The molecule has 2 aliphatic heterocycles. The maximum atomic E-state index is 14.0. The minimum Gasteiger partial charge on any atom is -0.378 e. The Morgan fingerprint density at radius 2 is 0.874 bits per heavy atom. The lowest BCUT2D eigenvalue weighted by Crippen LogP contribution is -2.41. The predicted molar refractivity (Wildman–Crippen MR) is 476 cm³/mol. The normalized spacial score (nSPS) is 21.4. The highest BCUT2D eigenvalue weighted by molar-refractivity contribution is 6.35. The van der Waals surface area contributed by atoms with Crippen LogP contribution >= 0.6 is 23.2 Å². The maximum absolute atomic E-state index is 14.0. The van der Waals surface area contributed by atoms with Crippen molar-refractivity contribution in [3.05, 3.63) is 217 Å². The quantitative estimate of drug-likeness (QED) is 0.0206. The van der Waals surface area contributed by atoms with Crippen LogP contribution in [0.1, 0.15) is 196 Å². The number of nitrogens with one attached hydrogen (secondary N) is 3. The summed E-state index contributed by atoms with van der Waals surface area (Å²) in [6.45, 7) is 63.4. The number of rotatable bonds is 21. The van der Waals surface area contributed by atoms with Gasteiger partial charge in [-0.1, -0.05) is 224 Å². The molecule has 6 atom stereocenters. The summed E-state index contributed by atoms with van der Waals surface area (Å²) in [5.41, 5.74) is 14.7. The molecule has 3 aliphatic carbocycles. The van der Waals surface area contributed by atoms with Crippen molar-refractivity contribution in [2.24, 2.45) is 65.1 Å². The summed E-state index contributed by atoms with van der Waals surface area (Å²) in [6, 6.07) is 30.1. The van der Waals surface area contributed by atoms with Crippen LogP contribution in [0, 0.1) is 113 Å². The molecule has 15 rings (SSSR count). The van der Waals surface area contributed by atoms with Crippen molar-refractivity contribution in [2.45, 2.75) is 173 Å². The summed E-state index contributed by atoms with van der Waals surface area (Å²) in [5, 5.41) is 11.6. The smallest absolute Gasteiger partial charge is 0.262 e. The van der Waals surface area contributed by atoms with Gasteiger partial charge in [-0.15, -0.1) is 13.2 Å². The van der Waals surface area contributed by atoms with Crippen LogP contribution in [0.4, 0.5) is 17.1 Å². The van der Waals surface area contributed by atoms with Crippen molar-refractivity contribution >= 4 is 74.9 Å². The Hall–Kier alpha value is -10.1. The summed E-state index contributed by atoms with van der Waals surface area (Å²) < 4.78 is 10.8. The summed E-state index contributed by atoms with van der Waals surface area (Å²) in [6.07, 6.45) is 18.4. The van der Waals surface area contributed by atoms with E-state index in [1.165, 1.54) is 74.5 Å². The number of piperidine rings is 1. The van der Waals surface area contributed by atoms with Crippen LogP contribution in [0.2, 0.25) is 10.0 Å². The molecule has 6 unspecified atom stereocenters. The van der Waals surface area contributed by atoms with E-state index in [0.717, 1.165) is 87.0 Å². The van der Waals surface area contributed by atoms with E-state index < -0.39 is 0 Å². The van der Waals surface area contributed by atoms with Gasteiger partial charge < -0.3 is 19.4 Å². The molecule has 21 nitrogen and oxygen atoms in total. The van der Waals surface area contributed by atoms with Crippen LogP contribution in [-0.4, -0.2) is 142 Å². The summed E-state index contributed by atoms with van der Waals surface area (Å²) in [4.78, 5) is 84.0. The van der Waals surface area contributed by atoms with E-state index in [1.54, 1.807) is 35.5 Å². The Bertz CT molecular complexity index is 5260. The van der Waals surface area contributed by atoms with Gasteiger partial charge in [0.25, 0.3) is 17.7 Å². The van der Waals surface area contributed by atoms with Crippen molar-refractivity contribution in [3.8, 4) is 34.2 Å². The van der Waals surface area contributed by atoms with Gasteiger partial charge in [0.15, 0.2) is 17.5 Å². The van der Waals surface area contributed by atoms with Gasteiger partial charge in [-0.2, -0.15) is 0 Å². The first-order valence-corrected chi connectivity index (χ1v) is 43.7. The highest BCUT2D eigenvalue weighted by Crippen LogP contribution is 2.47. The number of carbonyl (C=O) groups excluding carboxylic acids is 3. The van der Waals surface area contributed by atoms with E-state index in [-0.39, 0.29) is 17.7 Å². The third-order valence-corrected chi connectivity index (χ3v) is 26.9. The van der Waals surface area contributed by atoms with Gasteiger partial charge in [0.2, 0.25) is 17.1 Å². The van der Waals surface area contributed by atoms with E-state index in [2.05, 4.69) is 149 Å². The Kier molecular flexibility index (Phi) is 29.9. The van der Waals surface area contributed by atoms with Gasteiger partial charge in [-0.3, -0.25) is 29.7 Å². The Morgan fingerprint density at radius 1 is 0.513 bits per heavy atom. The second-order valence-corrected chi connectivity index (χ2v) is 35.0. The molecule has 3 N–H and O–H groups in total. The Labute approximate surface area is 712 Å². The molecule has 3 amide bonds. The Balaban J connectivity index is 0.000000155. The fourth-order valence-corrected chi connectivity index (χ4v) is 19.3. The highest BCUT2D eigenvalue weighted by atomic mass is 35.5. The largest absolute Gasteiger partial charge is 0.378 e. The average Bonchev–Trinajstić information content (AvgIpc) is 1.60. The summed E-state index contributed by atoms with van der Waals surface area (Å²) in [7, 11) is 0. The number of hydrogen-bond donors (Lipinski definition) is 3. The standard InChI is InChI=1S/C31H41N5O3.C31H39N5O.C27H33N5O2.C7H6Cl2/c1-6-38-39-19-23-14-16-35(17-15-23)31(37)28-27(32-5)26(18-25-21(3)8-7-9-22(25)4)30-33-29(34-36(28)30)24-12-10-20(2)11-13-24;1-8-15-35(16-9-2)31(37)28-27(32-7)26(19-25-21(5)17-23(10-3)18-22(25)6)30-33-29(34-36(28)30)24-13-11-20(4)12-14-24;1-17-8-10-20(11-9-17)25-29-26-22(16-21-18(2)6-5-7-19(21)3)23(28-4)24(32(26)30-25)27(33)31-12-14-34-15-13-31;1-5-6(8)3-2-4-7(5)9/h10-13,21-23,25H,6-9,14-19H2,1-4H3,(H,33,34);8-9,11-14,21-23,25H,1-2,10,15-19H2,3-6H3,(H,33,34);8-11,18-19,21H,5-7,12-16H2,1-3H3,(H,29,30);2-4H,1H3. The number of aromatic amines is 3. The molecule has 0 bridgehead atoms. The summed E-state index contributed by atoms with van der Waals surface area (Å²) >= 11 is 11.5. The van der Waals surface area contributed by atoms with Gasteiger partial charge in [0, 0.05) is 82.7 Å². The number of carbonyl (C=O) groups is 3. The average molecular weight is 1650 g/mol. The summed E-state index contributed by atoms with van der Waals surface area (Å²) in [5.74, 6) is 7.62. The lowest BCUT2D eigenvalue weighted by Gasteiger charge is -2.39. The number of likely N-dealkylation sites (tertiary alicyclic amines) is 1. The van der Waals surface area contributed by atoms with Crippen molar-refractivity contribution in [3.63, 3.8) is 0 Å². The number of nitrogens with zero attached hydrogens (tertiary/aromatic N) is 12. The molecular weight excluding hydrogens is 1530 g/mol. The molecule has 5 aliphatic rings. The molecule has 4 aromatic carbocycles. The van der Waals surface area contributed by atoms with Crippen LogP contribution in [0.15, 0.2) is 116 Å². The number of amides is 3. The molecule has 3 saturated carbocycles. The molecule has 8 heterocycles.